The molecule has 2 rings (SSSR count). The van der Waals surface area contributed by atoms with Crippen LogP contribution in [0.3, 0.4) is 0 Å². The molecule has 0 spiro atoms. The van der Waals surface area contributed by atoms with E-state index in [0.717, 1.165) is 5.56 Å². The molecule has 1 nitrogen and oxygen atoms in total. The van der Waals surface area contributed by atoms with E-state index in [1.807, 2.05) is 6.92 Å². The van der Waals surface area contributed by atoms with Crippen molar-refractivity contribution in [3.8, 4) is 0 Å². The van der Waals surface area contributed by atoms with Crippen LogP contribution in [0.4, 0.5) is 4.39 Å². The monoisotopic (exact) mass is 284 g/mol. The molecule has 18 heavy (non-hydrogen) atoms. The van der Waals surface area contributed by atoms with Crippen LogP contribution in [0.5, 0.6) is 0 Å². The van der Waals surface area contributed by atoms with Gasteiger partial charge in [-0.2, -0.15) is 0 Å². The molecule has 1 unspecified atom stereocenters. The fourth-order valence-corrected chi connectivity index (χ4v) is 2.31. The van der Waals surface area contributed by atoms with Gasteiger partial charge in [-0.15, -0.1) is 0 Å². The molecule has 0 fully saturated rings. The van der Waals surface area contributed by atoms with Crippen LogP contribution in [0, 0.1) is 12.7 Å². The van der Waals surface area contributed by atoms with Gasteiger partial charge in [0.1, 0.15) is 11.9 Å². The molecule has 2 aromatic rings. The third-order valence-corrected chi connectivity index (χ3v) is 3.36. The number of aliphatic hydroxyl groups is 1. The lowest BCUT2D eigenvalue weighted by Gasteiger charge is -2.15. The van der Waals surface area contributed by atoms with E-state index in [-0.39, 0.29) is 5.82 Å². The van der Waals surface area contributed by atoms with Crippen LogP contribution >= 0.6 is 23.2 Å². The zero-order valence-corrected chi connectivity index (χ0v) is 11.1. The number of aryl methyl sites for hydroxylation is 1. The Labute approximate surface area is 115 Å². The van der Waals surface area contributed by atoms with E-state index in [1.54, 1.807) is 24.3 Å². The van der Waals surface area contributed by atoms with E-state index in [4.69, 9.17) is 23.2 Å². The molecule has 0 aliphatic carbocycles. The van der Waals surface area contributed by atoms with Crippen LogP contribution in [0.1, 0.15) is 22.8 Å². The van der Waals surface area contributed by atoms with E-state index in [9.17, 15) is 9.50 Å². The quantitative estimate of drug-likeness (QED) is 0.860. The lowest BCUT2D eigenvalue weighted by molar-refractivity contribution is 0.219. The van der Waals surface area contributed by atoms with Gasteiger partial charge in [-0.25, -0.2) is 4.39 Å². The molecule has 0 aliphatic heterocycles. The van der Waals surface area contributed by atoms with Crippen LogP contribution in [0.25, 0.3) is 0 Å². The third-order valence-electron chi connectivity index (χ3n) is 2.79. The molecule has 0 amide bonds. The first-order chi connectivity index (χ1) is 8.49. The minimum Gasteiger partial charge on any atom is -0.384 e. The molecule has 4 heteroatoms. The van der Waals surface area contributed by atoms with Crippen molar-refractivity contribution >= 4 is 23.2 Å². The summed E-state index contributed by atoms with van der Waals surface area (Å²) >= 11 is 11.8. The Morgan fingerprint density at radius 3 is 2.44 bits per heavy atom. The van der Waals surface area contributed by atoms with Crippen molar-refractivity contribution in [1.29, 1.82) is 0 Å². The van der Waals surface area contributed by atoms with Gasteiger partial charge in [0.15, 0.2) is 0 Å². The second-order valence-corrected chi connectivity index (χ2v) is 4.91. The smallest absolute Gasteiger partial charge is 0.123 e. The molecule has 1 N–H and O–H groups in total. The van der Waals surface area contributed by atoms with Gasteiger partial charge in [-0.1, -0.05) is 35.3 Å². The number of benzene rings is 2. The Morgan fingerprint density at radius 1 is 1.06 bits per heavy atom. The minimum absolute atomic E-state index is 0.360. The highest BCUT2D eigenvalue weighted by Crippen LogP contribution is 2.31. The van der Waals surface area contributed by atoms with Crippen LogP contribution < -0.4 is 0 Å². The predicted octanol–water partition coefficient (Wildman–Crippen LogP) is 4.52. The van der Waals surface area contributed by atoms with E-state index < -0.39 is 6.10 Å². The van der Waals surface area contributed by atoms with Gasteiger partial charge in [0.05, 0.1) is 0 Å². The summed E-state index contributed by atoms with van der Waals surface area (Å²) in [5, 5.41) is 11.1. The Hall–Kier alpha value is -1.09. The average molecular weight is 285 g/mol. The van der Waals surface area contributed by atoms with Crippen molar-refractivity contribution in [1.82, 2.24) is 0 Å². The van der Waals surface area contributed by atoms with Crippen LogP contribution in [-0.2, 0) is 0 Å². The van der Waals surface area contributed by atoms with Gasteiger partial charge < -0.3 is 5.11 Å². The van der Waals surface area contributed by atoms with Gasteiger partial charge >= 0.3 is 0 Å². The molecular weight excluding hydrogens is 274 g/mol. The minimum atomic E-state index is -0.967. The van der Waals surface area contributed by atoms with Gasteiger partial charge in [-0.3, -0.25) is 0 Å². The molecule has 0 bridgehead atoms. The highest BCUT2D eigenvalue weighted by atomic mass is 35.5. The maximum Gasteiger partial charge on any atom is 0.123 e. The van der Waals surface area contributed by atoms with Crippen molar-refractivity contribution in [2.45, 2.75) is 13.0 Å². The molecule has 0 saturated carbocycles. The molecule has 2 aromatic carbocycles. The topological polar surface area (TPSA) is 20.2 Å². The maximum absolute atomic E-state index is 13.2. The lowest BCUT2D eigenvalue weighted by Crippen LogP contribution is -2.03. The van der Waals surface area contributed by atoms with Crippen molar-refractivity contribution < 1.29 is 9.50 Å². The number of hydrogen-bond acceptors (Lipinski definition) is 1. The van der Waals surface area contributed by atoms with Crippen molar-refractivity contribution in [3.05, 3.63) is 69.0 Å². The van der Waals surface area contributed by atoms with Crippen LogP contribution in [-0.4, -0.2) is 5.11 Å². The summed E-state index contributed by atoms with van der Waals surface area (Å²) in [7, 11) is 0. The fourth-order valence-electron chi connectivity index (χ4n) is 1.80. The van der Waals surface area contributed by atoms with Gasteiger partial charge in [0.2, 0.25) is 0 Å². The van der Waals surface area contributed by atoms with E-state index in [2.05, 4.69) is 0 Å². The molecule has 1 atom stereocenters. The maximum atomic E-state index is 13.2. The zero-order chi connectivity index (χ0) is 13.3. The first kappa shape index (κ1) is 13.3. The average Bonchev–Trinajstić information content (AvgIpc) is 2.31. The van der Waals surface area contributed by atoms with Crippen LogP contribution in [0.15, 0.2) is 36.4 Å². The first-order valence-electron chi connectivity index (χ1n) is 5.38. The van der Waals surface area contributed by atoms with Crippen LogP contribution in [0.2, 0.25) is 10.0 Å². The number of halogens is 3. The summed E-state index contributed by atoms with van der Waals surface area (Å²) in [6, 6.07) is 9.12. The van der Waals surface area contributed by atoms with Crippen molar-refractivity contribution in [3.63, 3.8) is 0 Å². The second kappa shape index (κ2) is 5.27. The Bertz CT molecular complexity index is 584. The first-order valence-corrected chi connectivity index (χ1v) is 6.13. The third kappa shape index (κ3) is 2.66. The number of hydrogen-bond donors (Lipinski definition) is 1. The summed E-state index contributed by atoms with van der Waals surface area (Å²) in [4.78, 5) is 0. The van der Waals surface area contributed by atoms with Gasteiger partial charge in [-0.05, 0) is 42.3 Å². The molecule has 0 saturated heterocycles. The highest BCUT2D eigenvalue weighted by Gasteiger charge is 2.16. The fraction of sp³-hybridized carbons (Fsp3) is 0.143. The summed E-state index contributed by atoms with van der Waals surface area (Å²) in [5.41, 5.74) is 1.81. The Balaban J connectivity index is 2.47. The molecule has 0 aliphatic rings. The number of aliphatic hydroxyl groups excluding tert-OH is 1. The normalized spacial score (nSPS) is 12.5. The van der Waals surface area contributed by atoms with E-state index in [1.165, 1.54) is 12.1 Å². The van der Waals surface area contributed by atoms with Crippen molar-refractivity contribution in [2.24, 2.45) is 0 Å². The van der Waals surface area contributed by atoms with Crippen molar-refractivity contribution in [2.75, 3.05) is 0 Å². The largest absolute Gasteiger partial charge is 0.384 e. The van der Waals surface area contributed by atoms with E-state index in [0.29, 0.717) is 21.2 Å². The number of rotatable bonds is 2. The molecular formula is C14H11Cl2FO. The molecule has 0 aromatic heterocycles. The summed E-state index contributed by atoms with van der Waals surface area (Å²) < 4.78 is 13.2. The second-order valence-electron chi connectivity index (χ2n) is 4.07. The SMILES string of the molecule is Cc1ccc(F)cc1C(O)c1ccc(Cl)cc1Cl. The predicted molar refractivity (Wildman–Crippen MR) is 71.7 cm³/mol. The summed E-state index contributed by atoms with van der Waals surface area (Å²) in [6.07, 6.45) is -0.967. The summed E-state index contributed by atoms with van der Waals surface area (Å²) in [6.45, 7) is 1.81. The van der Waals surface area contributed by atoms with Gasteiger partial charge in [0.25, 0.3) is 0 Å². The Kier molecular flexibility index (Phi) is 3.91. The Morgan fingerprint density at radius 2 is 1.78 bits per heavy atom. The molecule has 94 valence electrons. The lowest BCUT2D eigenvalue weighted by atomic mass is 9.97. The molecule has 0 heterocycles. The standard InChI is InChI=1S/C14H11Cl2FO/c1-8-2-4-10(17)7-12(8)14(18)11-5-3-9(15)6-13(11)16/h2-7,14,18H,1H3. The molecule has 0 radical (unpaired) electrons. The van der Waals surface area contributed by atoms with Gasteiger partial charge in [0, 0.05) is 15.6 Å². The summed E-state index contributed by atoms with van der Waals surface area (Å²) in [5.74, 6) is -0.389. The zero-order valence-electron chi connectivity index (χ0n) is 9.62. The van der Waals surface area contributed by atoms with E-state index >= 15 is 0 Å². The highest BCUT2D eigenvalue weighted by molar-refractivity contribution is 6.35.